The Kier molecular flexibility index (Phi) is 8.67. The number of aryl methyl sites for hydroxylation is 1. The Labute approximate surface area is 238 Å². The van der Waals surface area contributed by atoms with E-state index in [0.717, 1.165) is 27.8 Å². The van der Waals surface area contributed by atoms with Gasteiger partial charge in [0, 0.05) is 24.0 Å². The number of thiophene rings is 1. The molecule has 7 heteroatoms. The van der Waals surface area contributed by atoms with E-state index in [4.69, 9.17) is 4.74 Å². The number of nitrogens with zero attached hydrogens (tertiary/aromatic N) is 2. The van der Waals surface area contributed by atoms with E-state index < -0.39 is 11.7 Å². The molecule has 0 unspecified atom stereocenters. The van der Waals surface area contributed by atoms with Crippen molar-refractivity contribution in [3.05, 3.63) is 46.3 Å². The highest BCUT2D eigenvalue weighted by molar-refractivity contribution is 7.17. The molecule has 2 amide bonds. The topological polar surface area (TPSA) is 61.9 Å². The second-order valence-electron chi connectivity index (χ2n) is 12.7. The molecule has 39 heavy (non-hydrogen) atoms. The lowest BCUT2D eigenvalue weighted by atomic mass is 9.86. The minimum absolute atomic E-state index is 0.0542. The first-order chi connectivity index (χ1) is 18.7. The van der Waals surface area contributed by atoms with Crippen molar-refractivity contribution in [2.75, 3.05) is 26.2 Å². The Morgan fingerprint density at radius 1 is 0.949 bits per heavy atom. The number of hydrogen-bond acceptors (Lipinski definition) is 5. The maximum atomic E-state index is 13.4. The van der Waals surface area contributed by atoms with Crippen LogP contribution in [-0.4, -0.2) is 65.7 Å². The lowest BCUT2D eigenvalue weighted by Crippen LogP contribution is -2.41. The van der Waals surface area contributed by atoms with Gasteiger partial charge in [0.1, 0.15) is 5.60 Å². The second-order valence-corrected chi connectivity index (χ2v) is 13.8. The predicted octanol–water partition coefficient (Wildman–Crippen LogP) is 6.97. The summed E-state index contributed by atoms with van der Waals surface area (Å²) in [6.45, 7) is 11.2. The molecule has 1 saturated carbocycles. The number of ether oxygens (including phenoxy) is 1. The van der Waals surface area contributed by atoms with Gasteiger partial charge in [-0.15, -0.1) is 11.3 Å². The van der Waals surface area contributed by atoms with Crippen LogP contribution in [0.1, 0.15) is 98.9 Å². The molecular formula is C32H45N3O3S. The molecule has 1 aromatic carbocycles. The number of nitrogens with one attached hydrogen (secondary N) is 1. The Balaban J connectivity index is 1.16. The van der Waals surface area contributed by atoms with Crippen molar-refractivity contribution in [2.45, 2.75) is 103 Å². The Morgan fingerprint density at radius 3 is 2.31 bits per heavy atom. The average molecular weight is 552 g/mol. The van der Waals surface area contributed by atoms with Gasteiger partial charge in [0.15, 0.2) is 0 Å². The molecule has 5 rings (SSSR count). The molecule has 0 spiro atoms. The molecule has 1 aromatic heterocycles. The van der Waals surface area contributed by atoms with E-state index in [1.54, 1.807) is 11.3 Å². The molecule has 1 atom stereocenters. The SMILES string of the molecule is Cc1cc(-c2ccc(C3CCN(C4CCCCC4)CC3)cc2)sc1C(=O)N1CC[C@H](NC(=O)OC(C)(C)C)C1. The lowest BCUT2D eigenvalue weighted by Gasteiger charge is -2.39. The molecule has 0 radical (unpaired) electrons. The van der Waals surface area contributed by atoms with Crippen LogP contribution >= 0.6 is 11.3 Å². The average Bonchev–Trinajstić information content (AvgIpc) is 3.54. The first kappa shape index (κ1) is 28.2. The van der Waals surface area contributed by atoms with Gasteiger partial charge < -0.3 is 19.9 Å². The zero-order chi connectivity index (χ0) is 27.6. The van der Waals surface area contributed by atoms with Crippen molar-refractivity contribution in [1.29, 1.82) is 0 Å². The molecule has 3 heterocycles. The van der Waals surface area contributed by atoms with Crippen molar-refractivity contribution in [3.8, 4) is 10.4 Å². The predicted molar refractivity (Wildman–Crippen MR) is 159 cm³/mol. The number of rotatable bonds is 5. The van der Waals surface area contributed by atoms with Crippen LogP contribution in [0.2, 0.25) is 0 Å². The van der Waals surface area contributed by atoms with Gasteiger partial charge in [0.2, 0.25) is 0 Å². The number of hydrogen-bond donors (Lipinski definition) is 1. The molecule has 3 fully saturated rings. The third-order valence-electron chi connectivity index (χ3n) is 8.60. The molecular weight excluding hydrogens is 506 g/mol. The van der Waals surface area contributed by atoms with E-state index >= 15 is 0 Å². The molecule has 3 aliphatic rings. The molecule has 1 aliphatic carbocycles. The molecule has 212 valence electrons. The summed E-state index contributed by atoms with van der Waals surface area (Å²) in [5, 5.41) is 2.91. The normalized spacial score (nSPS) is 21.7. The van der Waals surface area contributed by atoms with Gasteiger partial charge in [-0.05, 0) is 102 Å². The highest BCUT2D eigenvalue weighted by Crippen LogP contribution is 2.36. The van der Waals surface area contributed by atoms with E-state index in [9.17, 15) is 9.59 Å². The van der Waals surface area contributed by atoms with Crippen LogP contribution in [0.25, 0.3) is 10.4 Å². The summed E-state index contributed by atoms with van der Waals surface area (Å²) in [5.74, 6) is 0.706. The minimum Gasteiger partial charge on any atom is -0.444 e. The first-order valence-electron chi connectivity index (χ1n) is 14.9. The van der Waals surface area contributed by atoms with Crippen LogP contribution in [-0.2, 0) is 4.74 Å². The summed E-state index contributed by atoms with van der Waals surface area (Å²) < 4.78 is 5.37. The quantitative estimate of drug-likeness (QED) is 0.436. The zero-order valence-corrected chi connectivity index (χ0v) is 24.9. The lowest BCUT2D eigenvalue weighted by molar-refractivity contribution is 0.0502. The number of alkyl carbamates (subject to hydrolysis) is 1. The highest BCUT2D eigenvalue weighted by atomic mass is 32.1. The van der Waals surface area contributed by atoms with Crippen LogP contribution in [0.5, 0.6) is 0 Å². The van der Waals surface area contributed by atoms with E-state index in [1.165, 1.54) is 69.2 Å². The van der Waals surface area contributed by atoms with E-state index in [-0.39, 0.29) is 11.9 Å². The molecule has 2 aliphatic heterocycles. The zero-order valence-electron chi connectivity index (χ0n) is 24.1. The van der Waals surface area contributed by atoms with Crippen molar-refractivity contribution in [3.63, 3.8) is 0 Å². The van der Waals surface area contributed by atoms with Crippen molar-refractivity contribution in [1.82, 2.24) is 15.1 Å². The largest absolute Gasteiger partial charge is 0.444 e. The van der Waals surface area contributed by atoms with Crippen LogP contribution in [0.3, 0.4) is 0 Å². The van der Waals surface area contributed by atoms with Crippen LogP contribution < -0.4 is 5.32 Å². The summed E-state index contributed by atoms with van der Waals surface area (Å²) in [4.78, 5) is 32.0. The maximum absolute atomic E-state index is 13.4. The third-order valence-corrected chi connectivity index (χ3v) is 9.87. The van der Waals surface area contributed by atoms with Crippen molar-refractivity contribution < 1.29 is 14.3 Å². The van der Waals surface area contributed by atoms with Crippen molar-refractivity contribution in [2.24, 2.45) is 0 Å². The van der Waals surface area contributed by atoms with Crippen molar-refractivity contribution >= 4 is 23.3 Å². The summed E-state index contributed by atoms with van der Waals surface area (Å²) in [6.07, 6.45) is 9.86. The monoisotopic (exact) mass is 551 g/mol. The summed E-state index contributed by atoms with van der Waals surface area (Å²) in [6, 6.07) is 12.0. The van der Waals surface area contributed by atoms with Gasteiger partial charge in [-0.1, -0.05) is 43.5 Å². The maximum Gasteiger partial charge on any atom is 0.407 e. The fourth-order valence-electron chi connectivity index (χ4n) is 6.48. The molecule has 2 saturated heterocycles. The summed E-state index contributed by atoms with van der Waals surface area (Å²) in [5.41, 5.74) is 3.11. The minimum atomic E-state index is -0.535. The first-order valence-corrected chi connectivity index (χ1v) is 15.7. The third kappa shape index (κ3) is 7.04. The number of carbonyl (C=O) groups is 2. The van der Waals surface area contributed by atoms with E-state index in [1.807, 2.05) is 32.6 Å². The van der Waals surface area contributed by atoms with Gasteiger partial charge in [-0.2, -0.15) is 0 Å². The molecule has 1 N–H and O–H groups in total. The van der Waals surface area contributed by atoms with Crippen LogP contribution in [0.4, 0.5) is 4.79 Å². The van der Waals surface area contributed by atoms with Gasteiger partial charge >= 0.3 is 6.09 Å². The summed E-state index contributed by atoms with van der Waals surface area (Å²) >= 11 is 1.58. The Bertz CT molecular complexity index is 1140. The van der Waals surface area contributed by atoms with Gasteiger partial charge in [-0.25, -0.2) is 4.79 Å². The van der Waals surface area contributed by atoms with E-state index in [2.05, 4.69) is 40.5 Å². The number of likely N-dealkylation sites (tertiary alicyclic amines) is 2. The number of benzene rings is 1. The highest BCUT2D eigenvalue weighted by Gasteiger charge is 2.31. The van der Waals surface area contributed by atoms with Gasteiger partial charge in [-0.3, -0.25) is 4.79 Å². The van der Waals surface area contributed by atoms with Crippen LogP contribution in [0.15, 0.2) is 30.3 Å². The number of amides is 2. The molecule has 6 nitrogen and oxygen atoms in total. The van der Waals surface area contributed by atoms with E-state index in [0.29, 0.717) is 19.0 Å². The summed E-state index contributed by atoms with van der Waals surface area (Å²) in [7, 11) is 0. The number of carbonyl (C=O) groups excluding carboxylic acids is 2. The number of piperidine rings is 1. The molecule has 2 aromatic rings. The Hall–Kier alpha value is -2.38. The fourth-order valence-corrected chi connectivity index (χ4v) is 7.63. The second kappa shape index (κ2) is 12.0. The standard InChI is InChI=1S/C32H45N3O3S/c1-22-20-28(39-29(22)30(36)35-19-16-26(21-35)33-31(37)38-32(2,3)4)25-12-10-23(11-13-25)24-14-17-34(18-15-24)27-8-6-5-7-9-27/h10-13,20,24,26-27H,5-9,14-19,21H2,1-4H3,(H,33,37)/t26-/m0/s1. The smallest absolute Gasteiger partial charge is 0.407 e. The Morgan fingerprint density at radius 2 is 1.64 bits per heavy atom. The van der Waals surface area contributed by atoms with Gasteiger partial charge in [0.25, 0.3) is 5.91 Å². The molecule has 0 bridgehead atoms. The van der Waals surface area contributed by atoms with Crippen LogP contribution in [0, 0.1) is 6.92 Å². The fraction of sp³-hybridized carbons (Fsp3) is 0.625. The van der Waals surface area contributed by atoms with Gasteiger partial charge in [0.05, 0.1) is 10.9 Å².